The topological polar surface area (TPSA) is 86.8 Å². The third-order valence-electron chi connectivity index (χ3n) is 6.82. The average molecular weight is 568 g/mol. The maximum absolute atomic E-state index is 14.1. The largest absolute Gasteiger partial charge is 0.352 e. The van der Waals surface area contributed by atoms with E-state index in [0.29, 0.717) is 6.42 Å². The summed E-state index contributed by atoms with van der Waals surface area (Å²) in [6.07, 6.45) is 1.07. The molecule has 0 bridgehead atoms. The van der Waals surface area contributed by atoms with E-state index in [0.717, 1.165) is 39.5 Å². The number of anilines is 1. The van der Waals surface area contributed by atoms with Gasteiger partial charge in [0.1, 0.15) is 18.4 Å². The van der Waals surface area contributed by atoms with Crippen LogP contribution in [0.15, 0.2) is 77.7 Å². The van der Waals surface area contributed by atoms with Gasteiger partial charge in [-0.1, -0.05) is 61.4 Å². The van der Waals surface area contributed by atoms with Crippen molar-refractivity contribution in [1.82, 2.24) is 10.2 Å². The molecule has 0 radical (unpaired) electrons. The number of carbonyl (C=O) groups excluding carboxylic acids is 2. The van der Waals surface area contributed by atoms with E-state index < -0.39 is 34.3 Å². The van der Waals surface area contributed by atoms with Crippen molar-refractivity contribution in [3.05, 3.63) is 95.3 Å². The van der Waals surface area contributed by atoms with Gasteiger partial charge in [0.05, 0.1) is 10.6 Å². The van der Waals surface area contributed by atoms with E-state index in [-0.39, 0.29) is 29.1 Å². The number of benzene rings is 3. The van der Waals surface area contributed by atoms with Gasteiger partial charge in [-0.15, -0.1) is 0 Å². The van der Waals surface area contributed by atoms with Crippen molar-refractivity contribution in [3.63, 3.8) is 0 Å². The molecule has 0 unspecified atom stereocenters. The highest BCUT2D eigenvalue weighted by atomic mass is 32.2. The summed E-state index contributed by atoms with van der Waals surface area (Å²) in [5.74, 6) is -1.39. The van der Waals surface area contributed by atoms with E-state index in [1.165, 1.54) is 17.0 Å². The van der Waals surface area contributed by atoms with Gasteiger partial charge in [0.15, 0.2) is 0 Å². The molecule has 0 aromatic heterocycles. The number of hydrogen-bond acceptors (Lipinski definition) is 4. The lowest BCUT2D eigenvalue weighted by Crippen LogP contribution is -2.53. The van der Waals surface area contributed by atoms with Gasteiger partial charge in [0.2, 0.25) is 11.8 Å². The van der Waals surface area contributed by atoms with E-state index >= 15 is 0 Å². The third-order valence-corrected chi connectivity index (χ3v) is 8.61. The van der Waals surface area contributed by atoms with Gasteiger partial charge in [-0.2, -0.15) is 0 Å². The molecule has 0 aliphatic carbocycles. The quantitative estimate of drug-likeness (QED) is 0.319. The van der Waals surface area contributed by atoms with E-state index in [9.17, 15) is 22.4 Å². The minimum atomic E-state index is -4.25. The molecule has 0 aliphatic rings. The van der Waals surface area contributed by atoms with E-state index in [1.54, 1.807) is 24.3 Å². The maximum Gasteiger partial charge on any atom is 0.264 e. The fourth-order valence-electron chi connectivity index (χ4n) is 4.34. The van der Waals surface area contributed by atoms with Crippen molar-refractivity contribution >= 4 is 27.5 Å². The zero-order valence-corrected chi connectivity index (χ0v) is 24.5. The Morgan fingerprint density at radius 1 is 0.900 bits per heavy atom. The number of hydrogen-bond donors (Lipinski definition) is 1. The number of amides is 2. The molecule has 1 N–H and O–H groups in total. The molecule has 3 aromatic rings. The highest BCUT2D eigenvalue weighted by Gasteiger charge is 2.34. The fourth-order valence-corrected chi connectivity index (χ4v) is 5.76. The first kappa shape index (κ1) is 30.8. The first-order valence-electron chi connectivity index (χ1n) is 13.5. The van der Waals surface area contributed by atoms with Crippen LogP contribution in [0.5, 0.6) is 0 Å². The molecule has 2 atom stereocenters. The summed E-state index contributed by atoms with van der Waals surface area (Å²) in [7, 11) is -4.25. The van der Waals surface area contributed by atoms with Crippen LogP contribution in [0, 0.1) is 19.7 Å². The predicted molar refractivity (Wildman–Crippen MR) is 156 cm³/mol. The molecule has 0 spiro atoms. The molecule has 214 valence electrons. The Labute approximate surface area is 237 Å². The molecule has 7 nitrogen and oxygen atoms in total. The standard InChI is InChI=1S/C31H38FN3O4S/c1-6-24(5)33-31(37)29(7-2)34(20-25-10-8-9-23(4)19-25)30(36)21-35(27-15-11-22(3)12-16-27)40(38,39)28-17-13-26(32)14-18-28/h8-19,24,29H,6-7,20-21H2,1-5H3,(H,33,37)/t24-,29-/m1/s1. The van der Waals surface area contributed by atoms with Crippen molar-refractivity contribution < 1.29 is 22.4 Å². The van der Waals surface area contributed by atoms with Crippen LogP contribution in [-0.2, 0) is 26.2 Å². The van der Waals surface area contributed by atoms with Crippen LogP contribution in [0.3, 0.4) is 0 Å². The maximum atomic E-state index is 14.1. The van der Waals surface area contributed by atoms with Crippen LogP contribution in [0.1, 0.15) is 50.3 Å². The normalized spacial score (nSPS) is 12.8. The summed E-state index contributed by atoms with van der Waals surface area (Å²) >= 11 is 0. The zero-order chi connectivity index (χ0) is 29.4. The van der Waals surface area contributed by atoms with Crippen molar-refractivity contribution in [3.8, 4) is 0 Å². The second-order valence-electron chi connectivity index (χ2n) is 10.1. The minimum Gasteiger partial charge on any atom is -0.352 e. The van der Waals surface area contributed by atoms with Crippen LogP contribution >= 0.6 is 0 Å². The van der Waals surface area contributed by atoms with Crippen LogP contribution in [0.2, 0.25) is 0 Å². The van der Waals surface area contributed by atoms with Crippen LogP contribution in [0.25, 0.3) is 0 Å². The van der Waals surface area contributed by atoms with E-state index in [4.69, 9.17) is 0 Å². The summed E-state index contributed by atoms with van der Waals surface area (Å²) < 4.78 is 42.2. The van der Waals surface area contributed by atoms with Crippen molar-refractivity contribution in [2.45, 2.75) is 71.0 Å². The van der Waals surface area contributed by atoms with Gasteiger partial charge in [-0.05, 0) is 75.6 Å². The lowest BCUT2D eigenvalue weighted by molar-refractivity contribution is -0.140. The monoisotopic (exact) mass is 567 g/mol. The molecule has 2 amide bonds. The SMILES string of the molecule is CC[C@@H](C)NC(=O)[C@@H](CC)N(Cc1cccc(C)c1)C(=O)CN(c1ccc(C)cc1)S(=O)(=O)c1ccc(F)cc1. The number of nitrogens with one attached hydrogen (secondary N) is 1. The molecule has 0 aliphatic heterocycles. The molecule has 3 aromatic carbocycles. The highest BCUT2D eigenvalue weighted by Crippen LogP contribution is 2.25. The van der Waals surface area contributed by atoms with Gasteiger partial charge >= 0.3 is 0 Å². The molecular formula is C31H38FN3O4S. The first-order chi connectivity index (χ1) is 19.0. The number of nitrogens with zero attached hydrogens (tertiary/aromatic N) is 2. The van der Waals surface area contributed by atoms with Gasteiger partial charge in [0, 0.05) is 12.6 Å². The molecular weight excluding hydrogens is 529 g/mol. The summed E-state index contributed by atoms with van der Waals surface area (Å²) in [5, 5.41) is 2.97. The Bertz CT molecular complexity index is 1410. The highest BCUT2D eigenvalue weighted by molar-refractivity contribution is 7.92. The number of rotatable bonds is 12. The van der Waals surface area contributed by atoms with E-state index in [1.807, 2.05) is 58.9 Å². The molecule has 0 saturated carbocycles. The molecule has 0 fully saturated rings. The lowest BCUT2D eigenvalue weighted by Gasteiger charge is -2.33. The Balaban J connectivity index is 2.05. The van der Waals surface area contributed by atoms with Gasteiger partial charge < -0.3 is 10.2 Å². The predicted octanol–water partition coefficient (Wildman–Crippen LogP) is 5.36. The minimum absolute atomic E-state index is 0.0830. The smallest absolute Gasteiger partial charge is 0.264 e. The molecule has 40 heavy (non-hydrogen) atoms. The second kappa shape index (κ2) is 13.6. The van der Waals surface area contributed by atoms with Crippen molar-refractivity contribution in [1.29, 1.82) is 0 Å². The van der Waals surface area contributed by atoms with Gasteiger partial charge in [-0.25, -0.2) is 12.8 Å². The summed E-state index contributed by atoms with van der Waals surface area (Å²) in [4.78, 5) is 28.7. The number of sulfonamides is 1. The second-order valence-corrected chi connectivity index (χ2v) is 11.9. The van der Waals surface area contributed by atoms with E-state index in [2.05, 4.69) is 5.32 Å². The number of aryl methyl sites for hydroxylation is 2. The zero-order valence-electron chi connectivity index (χ0n) is 23.7. The Kier molecular flexibility index (Phi) is 10.5. The van der Waals surface area contributed by atoms with Crippen LogP contribution in [0.4, 0.5) is 10.1 Å². The van der Waals surface area contributed by atoms with Crippen LogP contribution < -0.4 is 9.62 Å². The van der Waals surface area contributed by atoms with Crippen molar-refractivity contribution in [2.75, 3.05) is 10.8 Å². The Morgan fingerprint density at radius 2 is 1.55 bits per heavy atom. The average Bonchev–Trinajstić information content (AvgIpc) is 2.92. The van der Waals surface area contributed by atoms with Gasteiger partial charge in [0.25, 0.3) is 10.0 Å². The molecule has 0 saturated heterocycles. The third kappa shape index (κ3) is 7.69. The summed E-state index contributed by atoms with van der Waals surface area (Å²) in [6.45, 7) is 9.08. The number of carbonyl (C=O) groups is 2. The summed E-state index contributed by atoms with van der Waals surface area (Å²) in [5.41, 5.74) is 3.03. The Hall–Kier alpha value is -3.72. The molecule has 9 heteroatoms. The summed E-state index contributed by atoms with van der Waals surface area (Å²) in [6, 6.07) is 18.0. The molecule has 3 rings (SSSR count). The van der Waals surface area contributed by atoms with Crippen molar-refractivity contribution in [2.24, 2.45) is 0 Å². The van der Waals surface area contributed by atoms with Crippen LogP contribution in [-0.4, -0.2) is 43.8 Å². The Morgan fingerprint density at radius 3 is 2.12 bits per heavy atom. The first-order valence-corrected chi connectivity index (χ1v) is 14.9. The number of halogens is 1. The fraction of sp³-hybridized carbons (Fsp3) is 0.355. The molecule has 0 heterocycles. The van der Waals surface area contributed by atoms with Gasteiger partial charge in [-0.3, -0.25) is 13.9 Å². The lowest BCUT2D eigenvalue weighted by atomic mass is 10.1.